The van der Waals surface area contributed by atoms with E-state index in [0.29, 0.717) is 24.2 Å². The van der Waals surface area contributed by atoms with Gasteiger partial charge < -0.3 is 10.1 Å². The van der Waals surface area contributed by atoms with Crippen LogP contribution in [-0.2, 0) is 24.2 Å². The van der Waals surface area contributed by atoms with E-state index in [9.17, 15) is 18.0 Å². The molecule has 2 heterocycles. The largest absolute Gasteiger partial charge is 0.449 e. The van der Waals surface area contributed by atoms with Crippen molar-refractivity contribution >= 4 is 39.4 Å². The molecule has 0 aromatic carbocycles. The average Bonchev–Trinajstić information content (AvgIpc) is 3.09. The van der Waals surface area contributed by atoms with E-state index < -0.39 is 21.9 Å². The number of aromatic nitrogens is 2. The van der Waals surface area contributed by atoms with Crippen LogP contribution in [0.15, 0.2) is 6.08 Å². The van der Waals surface area contributed by atoms with E-state index in [2.05, 4.69) is 10.4 Å². The van der Waals surface area contributed by atoms with Crippen LogP contribution in [0.5, 0.6) is 0 Å². The predicted octanol–water partition coefficient (Wildman–Crippen LogP) is 1.68. The fourth-order valence-corrected chi connectivity index (χ4v) is 4.81. The number of amides is 1. The Morgan fingerprint density at radius 1 is 1.48 bits per heavy atom. The zero-order valence-corrected chi connectivity index (χ0v) is 17.1. The van der Waals surface area contributed by atoms with E-state index in [4.69, 9.17) is 16.3 Å². The standard InChI is InChI=1S/C17H24ClN3O5S/c1-4-8-19-17(23)12(3)26-15(22)6-5-14-11(2)20-21(16(14)18)13-7-9-27(24,25)10-13/h5-6,12-13H,4,7-10H2,1-3H3,(H,19,23)/b6-5+/t12-,13+/m0/s1. The van der Waals surface area contributed by atoms with Gasteiger partial charge in [0, 0.05) is 18.2 Å². The van der Waals surface area contributed by atoms with Gasteiger partial charge in [-0.1, -0.05) is 18.5 Å². The predicted molar refractivity (Wildman–Crippen MR) is 102 cm³/mol. The maximum atomic E-state index is 11.9. The van der Waals surface area contributed by atoms with Crippen molar-refractivity contribution in [3.05, 3.63) is 22.5 Å². The maximum absolute atomic E-state index is 11.9. The molecule has 0 radical (unpaired) electrons. The maximum Gasteiger partial charge on any atom is 0.331 e. The average molecular weight is 418 g/mol. The summed E-state index contributed by atoms with van der Waals surface area (Å²) in [5, 5.41) is 7.23. The lowest BCUT2D eigenvalue weighted by molar-refractivity contribution is -0.150. The normalized spacial score (nSPS) is 19.9. The Kier molecular flexibility index (Phi) is 7.05. The monoisotopic (exact) mass is 417 g/mol. The molecule has 1 amide bonds. The summed E-state index contributed by atoms with van der Waals surface area (Å²) in [6, 6.07) is -0.308. The van der Waals surface area contributed by atoms with Crippen LogP contribution in [0.3, 0.4) is 0 Å². The minimum absolute atomic E-state index is 0.00340. The van der Waals surface area contributed by atoms with E-state index in [-0.39, 0.29) is 28.6 Å². The number of hydrogen-bond donors (Lipinski definition) is 1. The SMILES string of the molecule is CCCNC(=O)[C@H](C)OC(=O)/C=C/c1c(C)nn([C@@H]2CCS(=O)(=O)C2)c1Cl. The number of hydrogen-bond acceptors (Lipinski definition) is 6. The summed E-state index contributed by atoms with van der Waals surface area (Å²) in [7, 11) is -3.07. The van der Waals surface area contributed by atoms with Crippen LogP contribution in [0.2, 0.25) is 5.15 Å². The molecule has 1 aliphatic heterocycles. The molecule has 0 spiro atoms. The molecule has 150 valence electrons. The van der Waals surface area contributed by atoms with Crippen LogP contribution in [0, 0.1) is 6.92 Å². The van der Waals surface area contributed by atoms with E-state index in [0.717, 1.165) is 6.42 Å². The van der Waals surface area contributed by atoms with Crippen LogP contribution in [0.25, 0.3) is 6.08 Å². The highest BCUT2D eigenvalue weighted by Crippen LogP contribution is 2.30. The summed E-state index contributed by atoms with van der Waals surface area (Å²) in [5.41, 5.74) is 1.09. The second-order valence-electron chi connectivity index (χ2n) is 6.49. The molecular weight excluding hydrogens is 394 g/mol. The van der Waals surface area contributed by atoms with Gasteiger partial charge in [0.05, 0.1) is 23.2 Å². The number of aryl methyl sites for hydroxylation is 1. The zero-order chi connectivity index (χ0) is 20.2. The first-order chi connectivity index (χ1) is 12.6. The molecule has 1 saturated heterocycles. The van der Waals surface area contributed by atoms with Crippen LogP contribution >= 0.6 is 11.6 Å². The molecule has 0 aliphatic carbocycles. The van der Waals surface area contributed by atoms with Gasteiger partial charge in [0.15, 0.2) is 15.9 Å². The summed E-state index contributed by atoms with van der Waals surface area (Å²) < 4.78 is 29.9. The molecule has 0 bridgehead atoms. The van der Waals surface area contributed by atoms with Crippen molar-refractivity contribution in [1.29, 1.82) is 0 Å². The van der Waals surface area contributed by atoms with Gasteiger partial charge in [-0.25, -0.2) is 17.9 Å². The third kappa shape index (κ3) is 5.55. The number of nitrogens with zero attached hydrogens (tertiary/aromatic N) is 2. The third-order valence-corrected chi connectivity index (χ3v) is 6.35. The lowest BCUT2D eigenvalue weighted by Crippen LogP contribution is -2.35. The number of nitrogens with one attached hydrogen (secondary N) is 1. The van der Waals surface area contributed by atoms with Gasteiger partial charge >= 0.3 is 5.97 Å². The highest BCUT2D eigenvalue weighted by molar-refractivity contribution is 7.91. The first-order valence-corrected chi connectivity index (χ1v) is 11.0. The number of ether oxygens (including phenoxy) is 1. The number of carbonyl (C=O) groups excluding carboxylic acids is 2. The molecule has 8 nitrogen and oxygen atoms in total. The Balaban J connectivity index is 2.04. The first kappa shape index (κ1) is 21.4. The van der Waals surface area contributed by atoms with Crippen LogP contribution in [0.4, 0.5) is 0 Å². The molecule has 1 N–H and O–H groups in total. The van der Waals surface area contributed by atoms with Crippen molar-refractivity contribution in [2.75, 3.05) is 18.1 Å². The number of sulfone groups is 1. The van der Waals surface area contributed by atoms with Gasteiger partial charge in [0.25, 0.3) is 5.91 Å². The van der Waals surface area contributed by atoms with Crippen LogP contribution in [-0.4, -0.2) is 54.2 Å². The van der Waals surface area contributed by atoms with Crippen molar-refractivity contribution < 1.29 is 22.7 Å². The lowest BCUT2D eigenvalue weighted by Gasteiger charge is -2.11. The topological polar surface area (TPSA) is 107 Å². The van der Waals surface area contributed by atoms with E-state index in [1.54, 1.807) is 6.92 Å². The molecule has 0 unspecified atom stereocenters. The Labute approximate surface area is 163 Å². The summed E-state index contributed by atoms with van der Waals surface area (Å²) in [4.78, 5) is 23.7. The quantitative estimate of drug-likeness (QED) is 0.534. The van der Waals surface area contributed by atoms with E-state index >= 15 is 0 Å². The molecule has 1 aromatic rings. The molecule has 2 atom stereocenters. The summed E-state index contributed by atoms with van der Waals surface area (Å²) in [5.74, 6) is -0.921. The number of rotatable bonds is 7. The molecule has 27 heavy (non-hydrogen) atoms. The van der Waals surface area contributed by atoms with Gasteiger partial charge in [0.2, 0.25) is 0 Å². The Bertz CT molecular complexity index is 847. The minimum Gasteiger partial charge on any atom is -0.449 e. The van der Waals surface area contributed by atoms with Crippen molar-refractivity contribution in [2.24, 2.45) is 0 Å². The van der Waals surface area contributed by atoms with Crippen molar-refractivity contribution in [2.45, 2.75) is 45.8 Å². The number of halogens is 1. The minimum atomic E-state index is -3.07. The second-order valence-corrected chi connectivity index (χ2v) is 9.08. The van der Waals surface area contributed by atoms with Crippen molar-refractivity contribution in [1.82, 2.24) is 15.1 Å². The highest BCUT2D eigenvalue weighted by Gasteiger charge is 2.31. The molecule has 10 heteroatoms. The zero-order valence-electron chi connectivity index (χ0n) is 15.6. The fraction of sp³-hybridized carbons (Fsp3) is 0.588. The Morgan fingerprint density at radius 3 is 2.78 bits per heavy atom. The van der Waals surface area contributed by atoms with Gasteiger partial charge in [-0.05, 0) is 32.8 Å². The van der Waals surface area contributed by atoms with Crippen molar-refractivity contribution in [3.63, 3.8) is 0 Å². The van der Waals surface area contributed by atoms with E-state index in [1.165, 1.54) is 23.8 Å². The van der Waals surface area contributed by atoms with Crippen LogP contribution in [0.1, 0.15) is 44.0 Å². The summed E-state index contributed by atoms with van der Waals surface area (Å²) >= 11 is 6.34. The number of carbonyl (C=O) groups is 2. The van der Waals surface area contributed by atoms with Gasteiger partial charge in [-0.15, -0.1) is 0 Å². The van der Waals surface area contributed by atoms with Gasteiger partial charge in [-0.2, -0.15) is 5.10 Å². The highest BCUT2D eigenvalue weighted by atomic mass is 35.5. The third-order valence-electron chi connectivity index (χ3n) is 4.22. The molecule has 2 rings (SSSR count). The molecular formula is C17H24ClN3O5S. The summed E-state index contributed by atoms with van der Waals surface area (Å²) in [6.45, 7) is 5.65. The van der Waals surface area contributed by atoms with E-state index in [1.807, 2.05) is 6.92 Å². The molecule has 0 saturated carbocycles. The smallest absolute Gasteiger partial charge is 0.331 e. The van der Waals surface area contributed by atoms with Gasteiger partial charge in [-0.3, -0.25) is 4.79 Å². The lowest BCUT2D eigenvalue weighted by atomic mass is 10.2. The molecule has 1 aliphatic rings. The summed E-state index contributed by atoms with van der Waals surface area (Å²) in [6.07, 6.45) is 2.98. The first-order valence-electron chi connectivity index (χ1n) is 8.76. The number of esters is 1. The van der Waals surface area contributed by atoms with Crippen molar-refractivity contribution in [3.8, 4) is 0 Å². The Morgan fingerprint density at radius 2 is 2.19 bits per heavy atom. The Hall–Kier alpha value is -1.87. The fourth-order valence-electron chi connectivity index (χ4n) is 2.74. The molecule has 1 aromatic heterocycles. The molecule has 1 fully saturated rings. The second kappa shape index (κ2) is 8.88. The van der Waals surface area contributed by atoms with Gasteiger partial charge in [0.1, 0.15) is 5.15 Å². The van der Waals surface area contributed by atoms with Crippen LogP contribution < -0.4 is 5.32 Å².